The fraction of sp³-hybridized carbons (Fsp3) is 0.222. The van der Waals surface area contributed by atoms with E-state index in [-0.39, 0.29) is 18.7 Å². The maximum Gasteiger partial charge on any atom is 0.148 e. The van der Waals surface area contributed by atoms with Crippen molar-refractivity contribution in [2.75, 3.05) is 13.2 Å². The molecule has 1 atom stereocenters. The molecule has 3 nitrogen and oxygen atoms in total. The largest absolute Gasteiger partial charge is 0.481 e. The zero-order valence-electron chi connectivity index (χ0n) is 12.1. The summed E-state index contributed by atoms with van der Waals surface area (Å²) in [7, 11) is 0. The van der Waals surface area contributed by atoms with E-state index in [1.165, 1.54) is 6.07 Å². The molecule has 2 rings (SSSR count). The van der Waals surface area contributed by atoms with Crippen molar-refractivity contribution in [3.05, 3.63) is 65.5 Å². The Morgan fingerprint density at radius 1 is 1.18 bits per heavy atom. The molecule has 1 unspecified atom stereocenters. The normalized spacial score (nSPS) is 11.7. The summed E-state index contributed by atoms with van der Waals surface area (Å²) >= 11 is 0. The lowest BCUT2D eigenvalue weighted by molar-refractivity contribution is 0.169. The van der Waals surface area contributed by atoms with E-state index in [1.807, 2.05) is 24.3 Å². The second-order valence-corrected chi connectivity index (χ2v) is 4.77. The van der Waals surface area contributed by atoms with Crippen molar-refractivity contribution in [2.45, 2.75) is 12.6 Å². The molecule has 0 heterocycles. The number of halogens is 1. The average molecular weight is 299 g/mol. The smallest absolute Gasteiger partial charge is 0.148 e. The van der Waals surface area contributed by atoms with Gasteiger partial charge in [-0.1, -0.05) is 42.3 Å². The topological polar surface area (TPSA) is 41.5 Å². The summed E-state index contributed by atoms with van der Waals surface area (Å²) in [4.78, 5) is 0. The molecule has 0 spiro atoms. The van der Waals surface area contributed by atoms with E-state index in [9.17, 15) is 9.50 Å². The van der Waals surface area contributed by atoms with Crippen LogP contribution in [-0.2, 0) is 6.54 Å². The van der Waals surface area contributed by atoms with Crippen molar-refractivity contribution in [1.29, 1.82) is 0 Å². The van der Waals surface area contributed by atoms with E-state index < -0.39 is 11.9 Å². The van der Waals surface area contributed by atoms with E-state index in [1.54, 1.807) is 18.2 Å². The first kappa shape index (κ1) is 16.0. The van der Waals surface area contributed by atoms with Crippen molar-refractivity contribution in [3.8, 4) is 18.1 Å². The lowest BCUT2D eigenvalue weighted by Gasteiger charge is -2.14. The fourth-order valence-electron chi connectivity index (χ4n) is 2.11. The Kier molecular flexibility index (Phi) is 5.96. The first-order valence-corrected chi connectivity index (χ1v) is 6.99. The number of aliphatic hydroxyl groups excluding tert-OH is 1. The van der Waals surface area contributed by atoms with E-state index in [2.05, 4.69) is 11.2 Å². The molecule has 4 heteroatoms. The summed E-state index contributed by atoms with van der Waals surface area (Å²) in [6.07, 6.45) is 4.28. The minimum Gasteiger partial charge on any atom is -0.481 e. The molecule has 0 saturated carbocycles. The molecule has 0 fully saturated rings. The number of rotatable bonds is 7. The summed E-state index contributed by atoms with van der Waals surface area (Å²) in [5.74, 6) is 2.72. The summed E-state index contributed by atoms with van der Waals surface area (Å²) < 4.78 is 19.0. The van der Waals surface area contributed by atoms with Crippen molar-refractivity contribution in [1.82, 2.24) is 5.32 Å². The van der Waals surface area contributed by atoms with E-state index >= 15 is 0 Å². The van der Waals surface area contributed by atoms with Crippen molar-refractivity contribution < 1.29 is 14.2 Å². The van der Waals surface area contributed by atoms with Crippen LogP contribution in [0, 0.1) is 18.2 Å². The number of para-hydroxylation sites is 1. The quantitative estimate of drug-likeness (QED) is 0.772. The first-order valence-electron chi connectivity index (χ1n) is 6.99. The summed E-state index contributed by atoms with van der Waals surface area (Å²) in [6.45, 7) is 0.936. The highest BCUT2D eigenvalue weighted by Gasteiger charge is 2.12. The van der Waals surface area contributed by atoms with Crippen LogP contribution in [0.3, 0.4) is 0 Å². The molecule has 2 N–H and O–H groups in total. The zero-order chi connectivity index (χ0) is 15.8. The molecule has 0 amide bonds. The van der Waals surface area contributed by atoms with Crippen LogP contribution in [0.25, 0.3) is 0 Å². The maximum atomic E-state index is 13.6. The van der Waals surface area contributed by atoms with Crippen LogP contribution in [0.2, 0.25) is 0 Å². The van der Waals surface area contributed by atoms with Crippen molar-refractivity contribution in [3.63, 3.8) is 0 Å². The van der Waals surface area contributed by atoms with Gasteiger partial charge in [-0.2, -0.15) is 0 Å². The van der Waals surface area contributed by atoms with Crippen LogP contribution in [-0.4, -0.2) is 18.3 Å². The van der Waals surface area contributed by atoms with Gasteiger partial charge in [-0.3, -0.25) is 0 Å². The minimum absolute atomic E-state index is 0.203. The highest BCUT2D eigenvalue weighted by molar-refractivity contribution is 5.33. The average Bonchev–Trinajstić information content (AvgIpc) is 2.54. The molecule has 0 bridgehead atoms. The van der Waals surface area contributed by atoms with Crippen LogP contribution < -0.4 is 10.1 Å². The Bertz CT molecular complexity index is 652. The summed E-state index contributed by atoms with van der Waals surface area (Å²) in [5, 5.41) is 13.1. The number of benzene rings is 2. The van der Waals surface area contributed by atoms with Gasteiger partial charge in [-0.25, -0.2) is 4.39 Å². The third kappa shape index (κ3) is 4.32. The molecule has 0 saturated heterocycles. The standard InChI is InChI=1S/C18H18FNO2/c1-2-11-22-18-10-6-3-7-14(18)12-20-13-17(21)15-8-4-5-9-16(15)19/h1,3-10,17,20-21H,11-13H2. The highest BCUT2D eigenvalue weighted by Crippen LogP contribution is 2.19. The Labute approximate surface area is 129 Å². The third-order valence-electron chi connectivity index (χ3n) is 3.20. The van der Waals surface area contributed by atoms with Crippen molar-refractivity contribution >= 4 is 0 Å². The molecular weight excluding hydrogens is 281 g/mol. The van der Waals surface area contributed by atoms with Crippen LogP contribution >= 0.6 is 0 Å². The lowest BCUT2D eigenvalue weighted by Crippen LogP contribution is -2.22. The number of hydrogen-bond acceptors (Lipinski definition) is 3. The molecular formula is C18H18FNO2. The van der Waals surface area contributed by atoms with Crippen LogP contribution in [0.15, 0.2) is 48.5 Å². The van der Waals surface area contributed by atoms with Crippen LogP contribution in [0.4, 0.5) is 4.39 Å². The molecule has 2 aromatic carbocycles. The van der Waals surface area contributed by atoms with Gasteiger partial charge in [0.25, 0.3) is 0 Å². The Morgan fingerprint density at radius 3 is 2.68 bits per heavy atom. The first-order chi connectivity index (χ1) is 10.7. The second kappa shape index (κ2) is 8.18. The Morgan fingerprint density at radius 2 is 1.91 bits per heavy atom. The van der Waals surface area contributed by atoms with Crippen molar-refractivity contribution in [2.24, 2.45) is 0 Å². The molecule has 2 aromatic rings. The number of aliphatic hydroxyl groups is 1. The summed E-state index contributed by atoms with van der Waals surface area (Å²) in [5.41, 5.74) is 1.21. The molecule has 0 aromatic heterocycles. The predicted octanol–water partition coefficient (Wildman–Crippen LogP) is 2.66. The summed E-state index contributed by atoms with van der Waals surface area (Å²) in [6, 6.07) is 13.7. The van der Waals surface area contributed by atoms with Gasteiger partial charge in [-0.05, 0) is 12.1 Å². The predicted molar refractivity (Wildman–Crippen MR) is 83.8 cm³/mol. The number of terminal acetylenes is 1. The monoisotopic (exact) mass is 299 g/mol. The van der Waals surface area contributed by atoms with Gasteiger partial charge >= 0.3 is 0 Å². The highest BCUT2D eigenvalue weighted by atomic mass is 19.1. The number of ether oxygens (including phenoxy) is 1. The number of nitrogens with one attached hydrogen (secondary N) is 1. The maximum absolute atomic E-state index is 13.6. The van der Waals surface area contributed by atoms with Gasteiger partial charge in [0.15, 0.2) is 0 Å². The van der Waals surface area contributed by atoms with Gasteiger partial charge in [0, 0.05) is 24.2 Å². The van der Waals surface area contributed by atoms with E-state index in [0.29, 0.717) is 12.3 Å². The molecule has 0 aliphatic carbocycles. The molecule has 0 aliphatic rings. The van der Waals surface area contributed by atoms with E-state index in [4.69, 9.17) is 11.2 Å². The number of hydrogen-bond donors (Lipinski definition) is 2. The van der Waals surface area contributed by atoms with Gasteiger partial charge in [0.1, 0.15) is 18.2 Å². The minimum atomic E-state index is -0.903. The third-order valence-corrected chi connectivity index (χ3v) is 3.20. The Hall–Kier alpha value is -2.35. The second-order valence-electron chi connectivity index (χ2n) is 4.77. The molecule has 0 radical (unpaired) electrons. The van der Waals surface area contributed by atoms with Crippen LogP contribution in [0.1, 0.15) is 17.2 Å². The fourth-order valence-corrected chi connectivity index (χ4v) is 2.11. The van der Waals surface area contributed by atoms with Gasteiger partial charge < -0.3 is 15.2 Å². The van der Waals surface area contributed by atoms with Crippen LogP contribution in [0.5, 0.6) is 5.75 Å². The zero-order valence-corrected chi connectivity index (χ0v) is 12.1. The SMILES string of the molecule is C#CCOc1ccccc1CNCC(O)c1ccccc1F. The van der Waals surface area contributed by atoms with Gasteiger partial charge in [0.2, 0.25) is 0 Å². The lowest BCUT2D eigenvalue weighted by atomic mass is 10.1. The molecule has 0 aliphatic heterocycles. The molecule has 22 heavy (non-hydrogen) atoms. The van der Waals surface area contributed by atoms with Gasteiger partial charge in [-0.15, -0.1) is 6.42 Å². The Balaban J connectivity index is 1.91. The van der Waals surface area contributed by atoms with Gasteiger partial charge in [0.05, 0.1) is 6.10 Å². The van der Waals surface area contributed by atoms with E-state index in [0.717, 1.165) is 5.56 Å². The molecule has 114 valence electrons.